The minimum Gasteiger partial charge on any atom is -0.466 e. The number of carbonyl (C=O) groups excluding carboxylic acids is 1. The van der Waals surface area contributed by atoms with Crippen LogP contribution >= 0.6 is 11.8 Å². The molecular formula is C10H20O3S. The van der Waals surface area contributed by atoms with Gasteiger partial charge < -0.3 is 9.84 Å². The summed E-state index contributed by atoms with van der Waals surface area (Å²) in [5.74, 6) is 1.58. The van der Waals surface area contributed by atoms with Crippen LogP contribution in [0.2, 0.25) is 0 Å². The van der Waals surface area contributed by atoms with Crippen LogP contribution in [0.1, 0.15) is 32.6 Å². The summed E-state index contributed by atoms with van der Waals surface area (Å²) in [7, 11) is 0. The first-order valence-corrected chi connectivity index (χ1v) is 6.31. The van der Waals surface area contributed by atoms with E-state index < -0.39 is 0 Å². The second kappa shape index (κ2) is 10.9. The Labute approximate surface area is 90.2 Å². The first-order chi connectivity index (χ1) is 6.81. The van der Waals surface area contributed by atoms with E-state index in [4.69, 9.17) is 9.84 Å². The molecule has 4 heteroatoms. The molecule has 0 rings (SSSR count). The SMILES string of the molecule is CCCCOC(=O)CCCSCCO. The second-order valence-corrected chi connectivity index (χ2v) is 4.24. The van der Waals surface area contributed by atoms with E-state index in [1.165, 1.54) is 0 Å². The molecule has 84 valence electrons. The summed E-state index contributed by atoms with van der Waals surface area (Å²) < 4.78 is 4.99. The molecule has 0 aromatic carbocycles. The van der Waals surface area contributed by atoms with Crippen LogP contribution in [0.3, 0.4) is 0 Å². The summed E-state index contributed by atoms with van der Waals surface area (Å²) in [5, 5.41) is 8.51. The molecule has 0 aromatic heterocycles. The average Bonchev–Trinajstić information content (AvgIpc) is 2.18. The number of carbonyl (C=O) groups is 1. The molecule has 0 saturated carbocycles. The summed E-state index contributed by atoms with van der Waals surface area (Å²) in [6.45, 7) is 2.84. The Balaban J connectivity index is 3.10. The molecule has 0 spiro atoms. The van der Waals surface area contributed by atoms with Gasteiger partial charge in [0, 0.05) is 12.2 Å². The monoisotopic (exact) mass is 220 g/mol. The van der Waals surface area contributed by atoms with Crippen molar-refractivity contribution >= 4 is 17.7 Å². The summed E-state index contributed by atoms with van der Waals surface area (Å²) in [6, 6.07) is 0. The second-order valence-electron chi connectivity index (χ2n) is 3.01. The highest BCUT2D eigenvalue weighted by Gasteiger charge is 2.01. The molecule has 0 aliphatic carbocycles. The van der Waals surface area contributed by atoms with E-state index in [-0.39, 0.29) is 12.6 Å². The Hall–Kier alpha value is -0.220. The van der Waals surface area contributed by atoms with Crippen molar-refractivity contribution in [2.24, 2.45) is 0 Å². The third kappa shape index (κ3) is 9.86. The van der Waals surface area contributed by atoms with Crippen molar-refractivity contribution in [3.63, 3.8) is 0 Å². The van der Waals surface area contributed by atoms with Gasteiger partial charge in [-0.3, -0.25) is 4.79 Å². The fourth-order valence-corrected chi connectivity index (χ4v) is 1.57. The lowest BCUT2D eigenvalue weighted by Crippen LogP contribution is -2.05. The van der Waals surface area contributed by atoms with Crippen LogP contribution in [0.25, 0.3) is 0 Å². The Morgan fingerprint density at radius 1 is 1.36 bits per heavy atom. The van der Waals surface area contributed by atoms with E-state index in [1.54, 1.807) is 11.8 Å². The molecule has 14 heavy (non-hydrogen) atoms. The van der Waals surface area contributed by atoms with Gasteiger partial charge in [0.2, 0.25) is 0 Å². The predicted molar refractivity (Wildman–Crippen MR) is 59.5 cm³/mol. The van der Waals surface area contributed by atoms with Crippen LogP contribution in [0.5, 0.6) is 0 Å². The molecule has 0 atom stereocenters. The number of ether oxygens (including phenoxy) is 1. The number of rotatable bonds is 9. The summed E-state index contributed by atoms with van der Waals surface area (Å²) in [4.78, 5) is 11.1. The molecule has 1 N–H and O–H groups in total. The fraction of sp³-hybridized carbons (Fsp3) is 0.900. The number of thioether (sulfide) groups is 1. The summed E-state index contributed by atoms with van der Waals surface area (Å²) >= 11 is 1.67. The largest absolute Gasteiger partial charge is 0.466 e. The maximum atomic E-state index is 11.1. The lowest BCUT2D eigenvalue weighted by atomic mass is 10.3. The Morgan fingerprint density at radius 3 is 2.79 bits per heavy atom. The first kappa shape index (κ1) is 13.8. The molecule has 0 aliphatic heterocycles. The Bertz CT molecular complexity index is 139. The highest BCUT2D eigenvalue weighted by atomic mass is 32.2. The predicted octanol–water partition coefficient (Wildman–Crippen LogP) is 1.84. The van der Waals surface area contributed by atoms with Gasteiger partial charge in [-0.1, -0.05) is 13.3 Å². The minimum atomic E-state index is -0.0944. The van der Waals surface area contributed by atoms with Crippen LogP contribution in [-0.2, 0) is 9.53 Å². The molecule has 0 saturated heterocycles. The number of esters is 1. The number of hydrogen-bond acceptors (Lipinski definition) is 4. The molecule has 0 bridgehead atoms. The third-order valence-corrected chi connectivity index (χ3v) is 2.71. The molecule has 0 amide bonds. The highest BCUT2D eigenvalue weighted by molar-refractivity contribution is 7.99. The minimum absolute atomic E-state index is 0.0944. The molecular weight excluding hydrogens is 200 g/mol. The zero-order chi connectivity index (χ0) is 10.6. The van der Waals surface area contributed by atoms with E-state index in [0.29, 0.717) is 13.0 Å². The van der Waals surface area contributed by atoms with Crippen molar-refractivity contribution < 1.29 is 14.6 Å². The van der Waals surface area contributed by atoms with Crippen molar-refractivity contribution in [3.05, 3.63) is 0 Å². The number of hydrogen-bond donors (Lipinski definition) is 1. The quantitative estimate of drug-likeness (QED) is 0.476. The standard InChI is InChI=1S/C10H20O3S/c1-2-3-7-13-10(12)5-4-8-14-9-6-11/h11H,2-9H2,1H3. The van der Waals surface area contributed by atoms with E-state index in [2.05, 4.69) is 6.92 Å². The molecule has 0 unspecified atom stereocenters. The zero-order valence-corrected chi connectivity index (χ0v) is 9.65. The van der Waals surface area contributed by atoms with Gasteiger partial charge in [-0.25, -0.2) is 0 Å². The smallest absolute Gasteiger partial charge is 0.305 e. The number of unbranched alkanes of at least 4 members (excludes halogenated alkanes) is 1. The van der Waals surface area contributed by atoms with Gasteiger partial charge in [0.1, 0.15) is 0 Å². The van der Waals surface area contributed by atoms with E-state index >= 15 is 0 Å². The van der Waals surface area contributed by atoms with Crippen LogP contribution in [0, 0.1) is 0 Å². The van der Waals surface area contributed by atoms with Gasteiger partial charge in [-0.2, -0.15) is 11.8 Å². The fourth-order valence-electron chi connectivity index (χ4n) is 0.888. The van der Waals surface area contributed by atoms with E-state index in [0.717, 1.165) is 30.8 Å². The maximum absolute atomic E-state index is 11.1. The van der Waals surface area contributed by atoms with Crippen LogP contribution in [-0.4, -0.2) is 35.8 Å². The molecule has 0 aromatic rings. The molecule has 0 heterocycles. The summed E-state index contributed by atoms with van der Waals surface area (Å²) in [5.41, 5.74) is 0. The van der Waals surface area contributed by atoms with Crippen LogP contribution < -0.4 is 0 Å². The third-order valence-electron chi connectivity index (χ3n) is 1.67. The van der Waals surface area contributed by atoms with Crippen molar-refractivity contribution in [2.75, 3.05) is 24.7 Å². The van der Waals surface area contributed by atoms with Gasteiger partial charge in [0.15, 0.2) is 0 Å². The van der Waals surface area contributed by atoms with Crippen LogP contribution in [0.4, 0.5) is 0 Å². The van der Waals surface area contributed by atoms with E-state index in [1.807, 2.05) is 0 Å². The van der Waals surface area contributed by atoms with Gasteiger partial charge in [-0.15, -0.1) is 0 Å². The van der Waals surface area contributed by atoms with Crippen molar-refractivity contribution in [1.82, 2.24) is 0 Å². The Kier molecular flexibility index (Phi) is 10.7. The van der Waals surface area contributed by atoms with Gasteiger partial charge in [0.05, 0.1) is 13.2 Å². The topological polar surface area (TPSA) is 46.5 Å². The first-order valence-electron chi connectivity index (χ1n) is 5.15. The molecule has 0 aliphatic rings. The molecule has 0 radical (unpaired) electrons. The lowest BCUT2D eigenvalue weighted by Gasteiger charge is -2.03. The van der Waals surface area contributed by atoms with E-state index in [9.17, 15) is 4.79 Å². The highest BCUT2D eigenvalue weighted by Crippen LogP contribution is 2.04. The number of aliphatic hydroxyl groups excluding tert-OH is 1. The average molecular weight is 220 g/mol. The van der Waals surface area contributed by atoms with Crippen molar-refractivity contribution in [1.29, 1.82) is 0 Å². The Morgan fingerprint density at radius 2 is 2.14 bits per heavy atom. The van der Waals surface area contributed by atoms with Crippen molar-refractivity contribution in [2.45, 2.75) is 32.6 Å². The lowest BCUT2D eigenvalue weighted by molar-refractivity contribution is -0.143. The van der Waals surface area contributed by atoms with Gasteiger partial charge >= 0.3 is 5.97 Å². The zero-order valence-electron chi connectivity index (χ0n) is 8.83. The van der Waals surface area contributed by atoms with Crippen LogP contribution in [0.15, 0.2) is 0 Å². The molecule has 0 fully saturated rings. The summed E-state index contributed by atoms with van der Waals surface area (Å²) in [6.07, 6.45) is 3.35. The van der Waals surface area contributed by atoms with Crippen molar-refractivity contribution in [3.8, 4) is 0 Å². The number of aliphatic hydroxyl groups is 1. The maximum Gasteiger partial charge on any atom is 0.305 e. The molecule has 3 nitrogen and oxygen atoms in total. The van der Waals surface area contributed by atoms with Gasteiger partial charge in [-0.05, 0) is 18.6 Å². The van der Waals surface area contributed by atoms with Gasteiger partial charge in [0.25, 0.3) is 0 Å². The normalized spacial score (nSPS) is 10.1.